The van der Waals surface area contributed by atoms with Crippen molar-refractivity contribution in [2.24, 2.45) is 0 Å². The van der Waals surface area contributed by atoms with Crippen molar-refractivity contribution in [1.29, 1.82) is 0 Å². The van der Waals surface area contributed by atoms with Crippen LogP contribution in [0.2, 0.25) is 0 Å². The zero-order valence-electron chi connectivity index (χ0n) is 15.5. The maximum Gasteiger partial charge on any atom is 0.264 e. The average Bonchev–Trinajstić information content (AvgIpc) is 3.03. The summed E-state index contributed by atoms with van der Waals surface area (Å²) >= 11 is 0. The zero-order chi connectivity index (χ0) is 19.4. The number of hydrogen-bond acceptors (Lipinski definition) is 4. The Morgan fingerprint density at radius 1 is 1.22 bits per heavy atom. The summed E-state index contributed by atoms with van der Waals surface area (Å²) in [7, 11) is 0. The predicted molar refractivity (Wildman–Crippen MR) is 104 cm³/mol. The highest BCUT2D eigenvalue weighted by atomic mass is 16.5. The Kier molecular flexibility index (Phi) is 5.54. The molecule has 140 valence electrons. The highest BCUT2D eigenvalue weighted by molar-refractivity contribution is 5.97. The van der Waals surface area contributed by atoms with E-state index in [0.717, 1.165) is 12.1 Å². The second kappa shape index (κ2) is 8.03. The summed E-state index contributed by atoms with van der Waals surface area (Å²) in [4.78, 5) is 40.2. The van der Waals surface area contributed by atoms with Crippen molar-refractivity contribution in [3.63, 3.8) is 0 Å². The summed E-state index contributed by atoms with van der Waals surface area (Å²) < 4.78 is 7.04. The molecule has 0 aliphatic rings. The van der Waals surface area contributed by atoms with E-state index in [4.69, 9.17) is 4.74 Å². The maximum absolute atomic E-state index is 13.2. The number of ketones is 1. The summed E-state index contributed by atoms with van der Waals surface area (Å²) in [6.07, 6.45) is 2.11. The molecule has 0 radical (unpaired) electrons. The van der Waals surface area contributed by atoms with Crippen molar-refractivity contribution in [2.75, 3.05) is 6.61 Å². The molecule has 0 spiro atoms. The fourth-order valence-corrected chi connectivity index (χ4v) is 3.22. The molecule has 0 atom stereocenters. The van der Waals surface area contributed by atoms with Gasteiger partial charge in [0.15, 0.2) is 17.8 Å². The molecule has 0 amide bonds. The number of carbonyl (C=O) groups is 2. The van der Waals surface area contributed by atoms with Gasteiger partial charge in [-0.2, -0.15) is 0 Å². The summed E-state index contributed by atoms with van der Waals surface area (Å²) in [6, 6.07) is 10.7. The van der Waals surface area contributed by atoms with Gasteiger partial charge in [0.2, 0.25) is 0 Å². The third kappa shape index (κ3) is 3.56. The van der Waals surface area contributed by atoms with Crippen LogP contribution in [0.25, 0.3) is 10.9 Å². The molecule has 27 heavy (non-hydrogen) atoms. The van der Waals surface area contributed by atoms with Gasteiger partial charge in [0.05, 0.1) is 18.7 Å². The minimum absolute atomic E-state index is 0.0543. The number of aldehydes is 1. The largest absolute Gasteiger partial charge is 0.491 e. The van der Waals surface area contributed by atoms with Crippen LogP contribution >= 0.6 is 0 Å². The number of ether oxygens (including phenoxy) is 1. The van der Waals surface area contributed by atoms with Crippen LogP contribution in [0.3, 0.4) is 0 Å². The van der Waals surface area contributed by atoms with Gasteiger partial charge in [-0.15, -0.1) is 0 Å². The first-order chi connectivity index (χ1) is 13.1. The van der Waals surface area contributed by atoms with Crippen LogP contribution in [0, 0.1) is 0 Å². The standard InChI is InChI=1S/C21H22N2O4/c1-3-8-15-11-16-19(20(27-4-2)17(13-24)22-16)21(26)23(15)12-18(25)14-9-6-5-7-10-14/h5-7,9-11,13,22H,3-4,8,12H2,1-2H3. The van der Waals surface area contributed by atoms with Crippen LogP contribution in [0.5, 0.6) is 5.75 Å². The molecule has 1 aromatic carbocycles. The molecule has 6 heteroatoms. The minimum atomic E-state index is -0.326. The van der Waals surface area contributed by atoms with E-state index in [2.05, 4.69) is 4.98 Å². The Morgan fingerprint density at radius 2 is 1.96 bits per heavy atom. The van der Waals surface area contributed by atoms with E-state index in [1.807, 2.05) is 19.1 Å². The van der Waals surface area contributed by atoms with E-state index >= 15 is 0 Å². The molecular formula is C21H22N2O4. The van der Waals surface area contributed by atoms with Crippen LogP contribution in [0.4, 0.5) is 0 Å². The number of nitrogens with one attached hydrogen (secondary N) is 1. The van der Waals surface area contributed by atoms with Gasteiger partial charge in [-0.05, 0) is 19.4 Å². The zero-order valence-corrected chi connectivity index (χ0v) is 15.5. The van der Waals surface area contributed by atoms with Crippen molar-refractivity contribution in [3.05, 3.63) is 63.7 Å². The first kappa shape index (κ1) is 18.6. The fourth-order valence-electron chi connectivity index (χ4n) is 3.22. The van der Waals surface area contributed by atoms with E-state index in [1.165, 1.54) is 4.57 Å². The number of aromatic amines is 1. The summed E-state index contributed by atoms with van der Waals surface area (Å²) in [6.45, 7) is 4.07. The molecule has 0 saturated heterocycles. The number of hydrogen-bond donors (Lipinski definition) is 1. The summed E-state index contributed by atoms with van der Waals surface area (Å²) in [5.41, 5.74) is 1.77. The molecule has 0 fully saturated rings. The number of carbonyl (C=O) groups excluding carboxylic acids is 2. The molecule has 0 unspecified atom stereocenters. The molecule has 2 aromatic heterocycles. The number of rotatable bonds is 8. The van der Waals surface area contributed by atoms with Gasteiger partial charge in [-0.1, -0.05) is 43.7 Å². The number of Topliss-reactive ketones (excluding diaryl/α,β-unsaturated/α-hetero) is 1. The van der Waals surface area contributed by atoms with Gasteiger partial charge in [0, 0.05) is 11.3 Å². The quantitative estimate of drug-likeness (QED) is 0.489. The van der Waals surface area contributed by atoms with Crippen molar-refractivity contribution in [2.45, 2.75) is 33.2 Å². The first-order valence-electron chi connectivity index (χ1n) is 9.05. The molecule has 2 heterocycles. The van der Waals surface area contributed by atoms with Gasteiger partial charge in [-0.3, -0.25) is 14.4 Å². The molecule has 0 saturated carbocycles. The number of nitrogens with zero attached hydrogens (tertiary/aromatic N) is 1. The Hall–Kier alpha value is -3.15. The molecule has 6 nitrogen and oxygen atoms in total. The number of aryl methyl sites for hydroxylation is 1. The third-order valence-corrected chi connectivity index (χ3v) is 4.44. The second-order valence-electron chi connectivity index (χ2n) is 6.27. The van der Waals surface area contributed by atoms with Gasteiger partial charge in [-0.25, -0.2) is 0 Å². The monoisotopic (exact) mass is 366 g/mol. The average molecular weight is 366 g/mol. The van der Waals surface area contributed by atoms with Crippen LogP contribution in [-0.4, -0.2) is 28.2 Å². The van der Waals surface area contributed by atoms with Crippen molar-refractivity contribution < 1.29 is 14.3 Å². The van der Waals surface area contributed by atoms with E-state index in [1.54, 1.807) is 31.2 Å². The molecule has 0 aliphatic heterocycles. The van der Waals surface area contributed by atoms with E-state index in [0.29, 0.717) is 35.8 Å². The molecular weight excluding hydrogens is 344 g/mol. The van der Waals surface area contributed by atoms with Crippen molar-refractivity contribution in [1.82, 2.24) is 9.55 Å². The van der Waals surface area contributed by atoms with Gasteiger partial charge >= 0.3 is 0 Å². The van der Waals surface area contributed by atoms with Crippen LogP contribution in [0.1, 0.15) is 46.8 Å². The second-order valence-corrected chi connectivity index (χ2v) is 6.27. The normalized spacial score (nSPS) is 10.9. The molecule has 1 N–H and O–H groups in total. The highest BCUT2D eigenvalue weighted by Gasteiger charge is 2.20. The summed E-state index contributed by atoms with van der Waals surface area (Å²) in [5.74, 6) is 0.106. The Labute approximate surface area is 156 Å². The van der Waals surface area contributed by atoms with E-state index in [9.17, 15) is 14.4 Å². The van der Waals surface area contributed by atoms with E-state index < -0.39 is 0 Å². The Morgan fingerprint density at radius 3 is 2.59 bits per heavy atom. The molecule has 3 rings (SSSR count). The lowest BCUT2D eigenvalue weighted by molar-refractivity contribution is 0.0969. The number of aromatic nitrogens is 2. The van der Waals surface area contributed by atoms with E-state index in [-0.39, 0.29) is 29.3 Å². The fraction of sp³-hybridized carbons (Fsp3) is 0.286. The van der Waals surface area contributed by atoms with Gasteiger partial charge in [0.1, 0.15) is 11.1 Å². The third-order valence-electron chi connectivity index (χ3n) is 4.44. The SMILES string of the molecule is CCCc1cc2[nH]c(C=O)c(OCC)c2c(=O)n1CC(=O)c1ccccc1. The molecule has 3 aromatic rings. The smallest absolute Gasteiger partial charge is 0.264 e. The lowest BCUT2D eigenvalue weighted by atomic mass is 10.1. The number of pyridine rings is 1. The molecule has 0 bridgehead atoms. The van der Waals surface area contributed by atoms with Crippen LogP contribution < -0.4 is 10.3 Å². The minimum Gasteiger partial charge on any atom is -0.491 e. The van der Waals surface area contributed by atoms with Crippen LogP contribution in [0.15, 0.2) is 41.2 Å². The Balaban J connectivity index is 2.17. The summed E-state index contributed by atoms with van der Waals surface area (Å²) in [5, 5.41) is 0.305. The van der Waals surface area contributed by atoms with Gasteiger partial charge < -0.3 is 14.3 Å². The maximum atomic E-state index is 13.2. The number of H-pyrrole nitrogens is 1. The number of fused-ring (bicyclic) bond motifs is 1. The topological polar surface area (TPSA) is 81.2 Å². The highest BCUT2D eigenvalue weighted by Crippen LogP contribution is 2.27. The van der Waals surface area contributed by atoms with Crippen LogP contribution in [-0.2, 0) is 13.0 Å². The first-order valence-corrected chi connectivity index (χ1v) is 9.05. The van der Waals surface area contributed by atoms with Crippen molar-refractivity contribution >= 4 is 23.0 Å². The van der Waals surface area contributed by atoms with Crippen molar-refractivity contribution in [3.8, 4) is 5.75 Å². The lowest BCUT2D eigenvalue weighted by Crippen LogP contribution is -2.27. The predicted octanol–water partition coefficient (Wildman–Crippen LogP) is 3.38. The Bertz CT molecular complexity index is 1030. The lowest BCUT2D eigenvalue weighted by Gasteiger charge is -2.13. The molecule has 0 aliphatic carbocycles. The number of benzene rings is 1. The van der Waals surface area contributed by atoms with Gasteiger partial charge in [0.25, 0.3) is 5.56 Å².